The molecule has 0 spiro atoms. The lowest BCUT2D eigenvalue weighted by molar-refractivity contribution is -0.115. The minimum absolute atomic E-state index is 0.0830. The Morgan fingerprint density at radius 3 is 2.44 bits per heavy atom. The van der Waals surface area contributed by atoms with Gasteiger partial charge in [-0.3, -0.25) is 4.79 Å². The maximum absolute atomic E-state index is 11.0. The number of aromatic carboxylic acids is 1. The lowest BCUT2D eigenvalue weighted by atomic mass is 9.91. The van der Waals surface area contributed by atoms with Crippen LogP contribution in [-0.4, -0.2) is 27.7 Å². The number of rotatable bonds is 4. The summed E-state index contributed by atoms with van der Waals surface area (Å²) in [6.45, 7) is 5.84. The number of carboxylic acids is 1. The smallest absolute Gasteiger partial charge is 0.335 e. The number of aromatic nitrogens is 1. The highest BCUT2D eigenvalue weighted by Crippen LogP contribution is 2.25. The van der Waals surface area contributed by atoms with Crippen LogP contribution in [-0.2, 0) is 10.2 Å². The first-order valence-corrected chi connectivity index (χ1v) is 6.35. The zero-order valence-corrected chi connectivity index (χ0v) is 11.4. The number of carbonyl (C=O) groups is 2. The third kappa shape index (κ3) is 4.03. The summed E-state index contributed by atoms with van der Waals surface area (Å²) in [5.41, 5.74) is 5.65. The van der Waals surface area contributed by atoms with Gasteiger partial charge >= 0.3 is 5.97 Å². The fourth-order valence-corrected chi connectivity index (χ4v) is 1.90. The molecule has 1 amide bonds. The Bertz CT molecular complexity index is 481. The van der Waals surface area contributed by atoms with Crippen molar-refractivity contribution in [1.82, 2.24) is 4.98 Å². The maximum Gasteiger partial charge on any atom is 0.335 e. The van der Waals surface area contributed by atoms with Crippen molar-refractivity contribution < 1.29 is 14.7 Å². The standard InChI is InChI=1S/C12H16N2O3S/c1-12(2,3)8-4-7(11(16)17)5-10(14-8)18-6-9(13)15/h4-5H,6H2,1-3H3,(H2,13,15)(H,16,17). The van der Waals surface area contributed by atoms with E-state index in [4.69, 9.17) is 10.8 Å². The molecule has 0 unspecified atom stereocenters. The molecule has 0 aliphatic heterocycles. The van der Waals surface area contributed by atoms with E-state index < -0.39 is 11.9 Å². The molecular weight excluding hydrogens is 252 g/mol. The molecule has 0 aromatic carbocycles. The van der Waals surface area contributed by atoms with Crippen molar-refractivity contribution in [2.45, 2.75) is 31.2 Å². The average Bonchev–Trinajstić information content (AvgIpc) is 2.24. The summed E-state index contributed by atoms with van der Waals surface area (Å²) in [5, 5.41) is 9.55. The highest BCUT2D eigenvalue weighted by Gasteiger charge is 2.19. The topological polar surface area (TPSA) is 93.3 Å². The van der Waals surface area contributed by atoms with E-state index in [9.17, 15) is 9.59 Å². The summed E-state index contributed by atoms with van der Waals surface area (Å²) in [5.74, 6) is -1.39. The van der Waals surface area contributed by atoms with E-state index in [1.807, 2.05) is 20.8 Å². The Morgan fingerprint density at radius 2 is 2.00 bits per heavy atom. The highest BCUT2D eigenvalue weighted by atomic mass is 32.2. The van der Waals surface area contributed by atoms with Gasteiger partial charge in [0.1, 0.15) is 0 Å². The molecule has 5 nitrogen and oxygen atoms in total. The predicted octanol–water partition coefficient (Wildman–Crippen LogP) is 1.65. The number of carboxylic acid groups (broad SMARTS) is 1. The number of hydrogen-bond acceptors (Lipinski definition) is 4. The first kappa shape index (κ1) is 14.5. The summed E-state index contributed by atoms with van der Waals surface area (Å²) < 4.78 is 0. The van der Waals surface area contributed by atoms with Gasteiger partial charge in [-0.2, -0.15) is 0 Å². The maximum atomic E-state index is 11.0. The molecule has 1 rings (SSSR count). The van der Waals surface area contributed by atoms with Crippen molar-refractivity contribution in [2.75, 3.05) is 5.75 Å². The van der Waals surface area contributed by atoms with E-state index in [1.165, 1.54) is 6.07 Å². The molecule has 1 aromatic heterocycles. The van der Waals surface area contributed by atoms with E-state index >= 15 is 0 Å². The molecule has 0 aliphatic rings. The fraction of sp³-hybridized carbons (Fsp3) is 0.417. The Balaban J connectivity index is 3.14. The second kappa shape index (κ2) is 5.39. The highest BCUT2D eigenvalue weighted by molar-refractivity contribution is 7.99. The monoisotopic (exact) mass is 268 g/mol. The quantitative estimate of drug-likeness (QED) is 0.810. The van der Waals surface area contributed by atoms with Gasteiger partial charge in [0.2, 0.25) is 5.91 Å². The minimum Gasteiger partial charge on any atom is -0.478 e. The molecule has 0 radical (unpaired) electrons. The van der Waals surface area contributed by atoms with Crippen LogP contribution in [0, 0.1) is 0 Å². The zero-order valence-electron chi connectivity index (χ0n) is 10.6. The summed E-state index contributed by atoms with van der Waals surface area (Å²) in [6.07, 6.45) is 0. The minimum atomic E-state index is -1.01. The van der Waals surface area contributed by atoms with Crippen LogP contribution >= 0.6 is 11.8 Å². The molecule has 0 aliphatic carbocycles. The summed E-state index contributed by atoms with van der Waals surface area (Å²) in [7, 11) is 0. The molecule has 18 heavy (non-hydrogen) atoms. The van der Waals surface area contributed by atoms with Crippen molar-refractivity contribution in [3.05, 3.63) is 23.4 Å². The number of nitrogens with zero attached hydrogens (tertiary/aromatic N) is 1. The Labute approximate surface area is 110 Å². The van der Waals surface area contributed by atoms with E-state index in [0.717, 1.165) is 11.8 Å². The number of amides is 1. The van der Waals surface area contributed by atoms with Crippen molar-refractivity contribution >= 4 is 23.6 Å². The Morgan fingerprint density at radius 1 is 1.39 bits per heavy atom. The zero-order chi connectivity index (χ0) is 13.9. The second-order valence-corrected chi connectivity index (χ2v) is 5.89. The molecule has 0 saturated carbocycles. The first-order valence-electron chi connectivity index (χ1n) is 5.37. The SMILES string of the molecule is CC(C)(C)c1cc(C(=O)O)cc(SCC(N)=O)n1. The molecule has 0 saturated heterocycles. The number of hydrogen-bond donors (Lipinski definition) is 2. The van der Waals surface area contributed by atoms with Gasteiger partial charge < -0.3 is 10.8 Å². The lowest BCUT2D eigenvalue weighted by Gasteiger charge is -2.19. The Kier molecular flexibility index (Phi) is 4.34. The predicted molar refractivity (Wildman–Crippen MR) is 69.8 cm³/mol. The van der Waals surface area contributed by atoms with Crippen LogP contribution in [0.4, 0.5) is 0 Å². The van der Waals surface area contributed by atoms with Gasteiger partial charge in [0.05, 0.1) is 16.3 Å². The van der Waals surface area contributed by atoms with Crippen LogP contribution in [0.1, 0.15) is 36.8 Å². The van der Waals surface area contributed by atoms with Gasteiger partial charge in [0.25, 0.3) is 0 Å². The molecule has 0 bridgehead atoms. The molecule has 1 aromatic rings. The third-order valence-electron chi connectivity index (χ3n) is 2.18. The number of nitrogens with two attached hydrogens (primary N) is 1. The van der Waals surface area contributed by atoms with Crippen LogP contribution < -0.4 is 5.73 Å². The molecule has 1 heterocycles. The van der Waals surface area contributed by atoms with E-state index in [-0.39, 0.29) is 16.7 Å². The Hall–Kier alpha value is -1.56. The van der Waals surface area contributed by atoms with Gasteiger partial charge in [0.15, 0.2) is 0 Å². The van der Waals surface area contributed by atoms with Crippen molar-refractivity contribution in [3.63, 3.8) is 0 Å². The largest absolute Gasteiger partial charge is 0.478 e. The van der Waals surface area contributed by atoms with E-state index in [2.05, 4.69) is 4.98 Å². The van der Waals surface area contributed by atoms with Crippen LogP contribution in [0.5, 0.6) is 0 Å². The van der Waals surface area contributed by atoms with Gasteiger partial charge in [-0.1, -0.05) is 32.5 Å². The third-order valence-corrected chi connectivity index (χ3v) is 3.11. The average molecular weight is 268 g/mol. The van der Waals surface area contributed by atoms with E-state index in [0.29, 0.717) is 10.7 Å². The molecule has 3 N–H and O–H groups in total. The number of pyridine rings is 1. The molecule has 6 heteroatoms. The fourth-order valence-electron chi connectivity index (χ4n) is 1.23. The summed E-state index contributed by atoms with van der Waals surface area (Å²) in [4.78, 5) is 26.1. The lowest BCUT2D eigenvalue weighted by Crippen LogP contribution is -2.16. The number of primary amides is 1. The molecule has 0 atom stereocenters. The van der Waals surface area contributed by atoms with Crippen molar-refractivity contribution in [3.8, 4) is 0 Å². The number of thioether (sulfide) groups is 1. The van der Waals surface area contributed by atoms with Gasteiger partial charge in [-0.05, 0) is 12.1 Å². The van der Waals surface area contributed by atoms with Gasteiger partial charge in [-0.15, -0.1) is 0 Å². The van der Waals surface area contributed by atoms with Crippen LogP contribution in [0.3, 0.4) is 0 Å². The second-order valence-electron chi connectivity index (χ2n) is 4.89. The molecule has 98 valence electrons. The van der Waals surface area contributed by atoms with Crippen LogP contribution in [0.15, 0.2) is 17.2 Å². The van der Waals surface area contributed by atoms with Crippen LogP contribution in [0.2, 0.25) is 0 Å². The molecular formula is C12H16N2O3S. The molecule has 0 fully saturated rings. The normalized spacial score (nSPS) is 11.3. The number of carbonyl (C=O) groups excluding carboxylic acids is 1. The van der Waals surface area contributed by atoms with Crippen molar-refractivity contribution in [1.29, 1.82) is 0 Å². The van der Waals surface area contributed by atoms with Gasteiger partial charge in [0, 0.05) is 11.1 Å². The first-order chi connectivity index (χ1) is 8.20. The van der Waals surface area contributed by atoms with E-state index in [1.54, 1.807) is 6.07 Å². The summed E-state index contributed by atoms with van der Waals surface area (Å²) in [6, 6.07) is 3.00. The van der Waals surface area contributed by atoms with Crippen molar-refractivity contribution in [2.24, 2.45) is 5.73 Å². The summed E-state index contributed by atoms with van der Waals surface area (Å²) >= 11 is 1.14. The van der Waals surface area contributed by atoms with Gasteiger partial charge in [-0.25, -0.2) is 9.78 Å². The van der Waals surface area contributed by atoms with Crippen LogP contribution in [0.25, 0.3) is 0 Å².